The van der Waals surface area contributed by atoms with Crippen molar-refractivity contribution in [3.05, 3.63) is 0 Å². The Bertz CT molecular complexity index is 204. The molecular weight excluding hydrogens is 212 g/mol. The molecule has 0 aromatic heterocycles. The standard InChI is InChI=1S/C14H28N2O/c1-2-10-17-14-4-3-8-16(12-14)9-6-13-5-7-15-11-13/h13-15H,2-12H2,1H3. The molecule has 3 nitrogen and oxygen atoms in total. The molecule has 2 heterocycles. The van der Waals surface area contributed by atoms with Crippen LogP contribution in [0.15, 0.2) is 0 Å². The van der Waals surface area contributed by atoms with Gasteiger partial charge in [-0.15, -0.1) is 0 Å². The van der Waals surface area contributed by atoms with Gasteiger partial charge in [-0.2, -0.15) is 0 Å². The van der Waals surface area contributed by atoms with Crippen LogP contribution in [-0.2, 0) is 4.74 Å². The summed E-state index contributed by atoms with van der Waals surface area (Å²) in [6.45, 7) is 9.32. The van der Waals surface area contributed by atoms with Gasteiger partial charge in [-0.25, -0.2) is 0 Å². The zero-order valence-corrected chi connectivity index (χ0v) is 11.3. The Morgan fingerprint density at radius 2 is 2.29 bits per heavy atom. The predicted octanol–water partition coefficient (Wildman–Crippen LogP) is 1.88. The molecule has 0 aromatic rings. The first-order chi connectivity index (χ1) is 8.38. The predicted molar refractivity (Wildman–Crippen MR) is 71.3 cm³/mol. The van der Waals surface area contributed by atoms with E-state index in [0.717, 1.165) is 18.9 Å². The number of hydrogen-bond donors (Lipinski definition) is 1. The van der Waals surface area contributed by atoms with Crippen LogP contribution in [0.2, 0.25) is 0 Å². The van der Waals surface area contributed by atoms with Crippen molar-refractivity contribution in [1.82, 2.24) is 10.2 Å². The smallest absolute Gasteiger partial charge is 0.0702 e. The summed E-state index contributed by atoms with van der Waals surface area (Å²) in [6, 6.07) is 0. The van der Waals surface area contributed by atoms with Crippen LogP contribution in [0.1, 0.15) is 39.0 Å². The molecule has 0 aliphatic carbocycles. The molecule has 3 heteroatoms. The van der Waals surface area contributed by atoms with Gasteiger partial charge in [0.2, 0.25) is 0 Å². The van der Waals surface area contributed by atoms with Crippen LogP contribution in [0, 0.1) is 5.92 Å². The van der Waals surface area contributed by atoms with E-state index in [1.807, 2.05) is 0 Å². The van der Waals surface area contributed by atoms with Crippen LogP contribution in [0.3, 0.4) is 0 Å². The fourth-order valence-corrected chi connectivity index (χ4v) is 2.96. The Hall–Kier alpha value is -0.120. The first kappa shape index (κ1) is 13.3. The molecule has 2 fully saturated rings. The van der Waals surface area contributed by atoms with E-state index >= 15 is 0 Å². The molecular formula is C14H28N2O. The van der Waals surface area contributed by atoms with Gasteiger partial charge < -0.3 is 15.0 Å². The Labute approximate surface area is 106 Å². The largest absolute Gasteiger partial charge is 0.377 e. The lowest BCUT2D eigenvalue weighted by Crippen LogP contribution is -2.40. The Balaban J connectivity index is 1.62. The highest BCUT2D eigenvalue weighted by atomic mass is 16.5. The second-order valence-corrected chi connectivity index (χ2v) is 5.58. The van der Waals surface area contributed by atoms with Crippen LogP contribution < -0.4 is 5.32 Å². The fourth-order valence-electron chi connectivity index (χ4n) is 2.96. The minimum atomic E-state index is 0.505. The van der Waals surface area contributed by atoms with Crippen LogP contribution >= 0.6 is 0 Å². The SMILES string of the molecule is CCCOC1CCCN(CCC2CCNC2)C1. The van der Waals surface area contributed by atoms with E-state index in [1.54, 1.807) is 0 Å². The maximum absolute atomic E-state index is 5.88. The number of ether oxygens (including phenoxy) is 1. The summed E-state index contributed by atoms with van der Waals surface area (Å²) in [5.41, 5.74) is 0. The number of likely N-dealkylation sites (tertiary alicyclic amines) is 1. The van der Waals surface area contributed by atoms with E-state index in [4.69, 9.17) is 4.74 Å². The minimum Gasteiger partial charge on any atom is -0.377 e. The van der Waals surface area contributed by atoms with Gasteiger partial charge in [-0.05, 0) is 64.2 Å². The second-order valence-electron chi connectivity index (χ2n) is 5.58. The maximum atomic E-state index is 5.88. The first-order valence-electron chi connectivity index (χ1n) is 7.43. The Kier molecular flexibility index (Phi) is 5.75. The Morgan fingerprint density at radius 3 is 3.06 bits per heavy atom. The van der Waals surface area contributed by atoms with E-state index in [0.29, 0.717) is 6.10 Å². The number of piperidine rings is 1. The molecule has 2 atom stereocenters. The quantitative estimate of drug-likeness (QED) is 0.767. The third-order valence-corrected chi connectivity index (χ3v) is 4.04. The highest BCUT2D eigenvalue weighted by Crippen LogP contribution is 2.17. The lowest BCUT2D eigenvalue weighted by atomic mass is 10.0. The van der Waals surface area contributed by atoms with Crippen molar-refractivity contribution >= 4 is 0 Å². The summed E-state index contributed by atoms with van der Waals surface area (Å²) < 4.78 is 5.88. The third kappa shape index (κ3) is 4.57. The van der Waals surface area contributed by atoms with E-state index in [1.165, 1.54) is 58.4 Å². The molecule has 0 saturated carbocycles. The van der Waals surface area contributed by atoms with Crippen molar-refractivity contribution < 1.29 is 4.74 Å². The first-order valence-corrected chi connectivity index (χ1v) is 7.43. The molecule has 0 radical (unpaired) electrons. The van der Waals surface area contributed by atoms with Crippen molar-refractivity contribution in [1.29, 1.82) is 0 Å². The van der Waals surface area contributed by atoms with E-state index in [-0.39, 0.29) is 0 Å². The summed E-state index contributed by atoms with van der Waals surface area (Å²) in [7, 11) is 0. The molecule has 1 N–H and O–H groups in total. The fraction of sp³-hybridized carbons (Fsp3) is 1.00. The molecule has 17 heavy (non-hydrogen) atoms. The zero-order chi connectivity index (χ0) is 11.9. The maximum Gasteiger partial charge on any atom is 0.0702 e. The van der Waals surface area contributed by atoms with Gasteiger partial charge in [0.15, 0.2) is 0 Å². The van der Waals surface area contributed by atoms with Gasteiger partial charge in [-0.3, -0.25) is 0 Å². The zero-order valence-electron chi connectivity index (χ0n) is 11.3. The molecule has 0 bridgehead atoms. The van der Waals surface area contributed by atoms with Gasteiger partial charge in [0.05, 0.1) is 6.10 Å². The number of hydrogen-bond acceptors (Lipinski definition) is 3. The average Bonchev–Trinajstić information content (AvgIpc) is 2.87. The van der Waals surface area contributed by atoms with Crippen LogP contribution in [0.25, 0.3) is 0 Å². The van der Waals surface area contributed by atoms with Crippen molar-refractivity contribution in [2.24, 2.45) is 5.92 Å². The van der Waals surface area contributed by atoms with E-state index < -0.39 is 0 Å². The van der Waals surface area contributed by atoms with Crippen LogP contribution in [0.5, 0.6) is 0 Å². The van der Waals surface area contributed by atoms with Gasteiger partial charge in [0, 0.05) is 13.2 Å². The lowest BCUT2D eigenvalue weighted by molar-refractivity contribution is -0.00108. The number of rotatable bonds is 6. The average molecular weight is 240 g/mol. The van der Waals surface area contributed by atoms with Gasteiger partial charge in [0.25, 0.3) is 0 Å². The van der Waals surface area contributed by atoms with Gasteiger partial charge in [0.1, 0.15) is 0 Å². The summed E-state index contributed by atoms with van der Waals surface area (Å²) in [5.74, 6) is 0.923. The van der Waals surface area contributed by atoms with Crippen molar-refractivity contribution in [3.63, 3.8) is 0 Å². The van der Waals surface area contributed by atoms with Crippen molar-refractivity contribution in [2.45, 2.75) is 45.1 Å². The summed E-state index contributed by atoms with van der Waals surface area (Å²) in [6.07, 6.45) is 6.98. The number of nitrogens with zero attached hydrogens (tertiary/aromatic N) is 1. The number of nitrogens with one attached hydrogen (secondary N) is 1. The highest BCUT2D eigenvalue weighted by molar-refractivity contribution is 4.77. The summed E-state index contributed by atoms with van der Waals surface area (Å²) in [4.78, 5) is 2.61. The molecule has 2 unspecified atom stereocenters. The van der Waals surface area contributed by atoms with E-state index in [9.17, 15) is 0 Å². The molecule has 0 spiro atoms. The van der Waals surface area contributed by atoms with Crippen LogP contribution in [0.4, 0.5) is 0 Å². The monoisotopic (exact) mass is 240 g/mol. The van der Waals surface area contributed by atoms with E-state index in [2.05, 4.69) is 17.1 Å². The molecule has 0 amide bonds. The topological polar surface area (TPSA) is 24.5 Å². The summed E-state index contributed by atoms with van der Waals surface area (Å²) in [5, 5.41) is 3.45. The molecule has 0 aromatic carbocycles. The minimum absolute atomic E-state index is 0.505. The molecule has 2 aliphatic heterocycles. The van der Waals surface area contributed by atoms with Gasteiger partial charge in [-0.1, -0.05) is 6.92 Å². The molecule has 2 aliphatic rings. The van der Waals surface area contributed by atoms with Crippen molar-refractivity contribution in [3.8, 4) is 0 Å². The third-order valence-electron chi connectivity index (χ3n) is 4.04. The van der Waals surface area contributed by atoms with Crippen molar-refractivity contribution in [2.75, 3.05) is 39.3 Å². The highest BCUT2D eigenvalue weighted by Gasteiger charge is 2.21. The molecule has 2 rings (SSSR count). The second kappa shape index (κ2) is 7.34. The van der Waals surface area contributed by atoms with Gasteiger partial charge >= 0.3 is 0 Å². The molecule has 100 valence electrons. The van der Waals surface area contributed by atoms with Crippen LogP contribution in [-0.4, -0.2) is 50.3 Å². The normalized spacial score (nSPS) is 30.9. The molecule has 2 saturated heterocycles. The Morgan fingerprint density at radius 1 is 1.35 bits per heavy atom. The lowest BCUT2D eigenvalue weighted by Gasteiger charge is -2.33. The summed E-state index contributed by atoms with van der Waals surface area (Å²) >= 11 is 0.